The summed E-state index contributed by atoms with van der Waals surface area (Å²) in [7, 11) is 0. The summed E-state index contributed by atoms with van der Waals surface area (Å²) in [5.74, 6) is -3.14. The first-order chi connectivity index (χ1) is 22.9. The zero-order valence-electron chi connectivity index (χ0n) is 24.4. The van der Waals surface area contributed by atoms with Gasteiger partial charge in [0.2, 0.25) is 11.2 Å². The minimum atomic E-state index is -1.27. The highest BCUT2D eigenvalue weighted by atomic mass is 19.2. The molecule has 0 saturated carbocycles. The third-order valence-electron chi connectivity index (χ3n) is 9.15. The normalized spacial score (nSPS) is 20.7. The highest BCUT2D eigenvalue weighted by Gasteiger charge is 2.47. The minimum absolute atomic E-state index is 0.0173. The molecule has 3 aromatic carbocycles. The second-order valence-electron chi connectivity index (χ2n) is 11.6. The molecule has 10 nitrogen and oxygen atoms in total. The van der Waals surface area contributed by atoms with Gasteiger partial charge in [-0.25, -0.2) is 13.6 Å². The first kappa shape index (κ1) is 27.6. The molecule has 234 valence electrons. The second-order valence-corrected chi connectivity index (χ2v) is 11.6. The molecule has 1 saturated heterocycles. The Morgan fingerprint density at radius 1 is 0.830 bits per heavy atom. The maximum atomic E-state index is 15.9. The standard InChI is InChI=1S/C35H23F2N3O7/c36-24-10-9-22-27(28(24)37)23-12-15-45-31(23)19-6-2-1-5-18(19)29(22)40-26-17-44-16-14-38(26)33(42)30-32(25(41)11-13-39(30)40)46-35-21-8-4-3-7-20(21)34(43)47-35/h1-13,15,26,29,35H,14,16-17H2. The third kappa shape index (κ3) is 3.88. The van der Waals surface area contributed by atoms with E-state index >= 15 is 4.39 Å². The lowest BCUT2D eigenvalue weighted by molar-refractivity contribution is -0.0417. The molecule has 1 aliphatic carbocycles. The van der Waals surface area contributed by atoms with E-state index in [9.17, 15) is 18.8 Å². The fourth-order valence-electron chi connectivity index (χ4n) is 7.12. The van der Waals surface area contributed by atoms with Gasteiger partial charge >= 0.3 is 5.97 Å². The van der Waals surface area contributed by atoms with Gasteiger partial charge in [-0.05, 0) is 29.3 Å². The first-order valence-corrected chi connectivity index (χ1v) is 15.0. The second kappa shape index (κ2) is 10.1. The number of aromatic nitrogens is 1. The van der Waals surface area contributed by atoms with Crippen LogP contribution in [-0.4, -0.2) is 47.4 Å². The van der Waals surface area contributed by atoms with Crippen LogP contribution in [0.3, 0.4) is 0 Å². The SMILES string of the molecule is O=C1OC(Oc2c3n(ccc2=O)N(C2c4ccccc4-c4occc4-c4c2ccc(F)c4F)C2COCCN2C3=O)c2ccccc21. The number of morpholine rings is 1. The van der Waals surface area contributed by atoms with Crippen molar-refractivity contribution in [3.05, 3.63) is 135 Å². The molecule has 12 heteroatoms. The predicted molar refractivity (Wildman–Crippen MR) is 161 cm³/mol. The molecule has 0 radical (unpaired) electrons. The number of amides is 1. The topological polar surface area (TPSA) is 103 Å². The zero-order chi connectivity index (χ0) is 32.0. The number of carbonyl (C=O) groups excluding carboxylic acids is 2. The lowest BCUT2D eigenvalue weighted by Crippen LogP contribution is -2.66. The number of cyclic esters (lactones) is 1. The molecular weight excluding hydrogens is 612 g/mol. The summed E-state index contributed by atoms with van der Waals surface area (Å²) >= 11 is 0. The summed E-state index contributed by atoms with van der Waals surface area (Å²) in [6, 6.07) is 18.6. The molecule has 4 aliphatic rings. The van der Waals surface area contributed by atoms with Gasteiger partial charge in [-0.2, -0.15) is 0 Å². The maximum Gasteiger partial charge on any atom is 0.342 e. The van der Waals surface area contributed by atoms with Gasteiger partial charge in [-0.15, -0.1) is 0 Å². The Morgan fingerprint density at radius 3 is 2.47 bits per heavy atom. The van der Waals surface area contributed by atoms with Crippen LogP contribution >= 0.6 is 0 Å². The molecule has 0 spiro atoms. The van der Waals surface area contributed by atoms with Gasteiger partial charge in [0.25, 0.3) is 12.2 Å². The van der Waals surface area contributed by atoms with Gasteiger partial charge in [0, 0.05) is 41.1 Å². The van der Waals surface area contributed by atoms with E-state index in [-0.39, 0.29) is 36.8 Å². The number of pyridine rings is 1. The van der Waals surface area contributed by atoms with Gasteiger partial charge in [0.15, 0.2) is 17.3 Å². The number of benzene rings is 3. The van der Waals surface area contributed by atoms with E-state index in [1.165, 1.54) is 29.3 Å². The predicted octanol–water partition coefficient (Wildman–Crippen LogP) is 5.15. The van der Waals surface area contributed by atoms with Gasteiger partial charge in [-0.3, -0.25) is 19.3 Å². The van der Waals surface area contributed by atoms with Crippen LogP contribution in [0, 0.1) is 11.6 Å². The average Bonchev–Trinajstić information content (AvgIpc) is 3.67. The number of carbonyl (C=O) groups is 2. The van der Waals surface area contributed by atoms with Crippen LogP contribution in [0.2, 0.25) is 0 Å². The van der Waals surface area contributed by atoms with Crippen LogP contribution in [-0.2, 0) is 9.47 Å². The summed E-state index contributed by atoms with van der Waals surface area (Å²) < 4.78 is 55.7. The van der Waals surface area contributed by atoms with Crippen molar-refractivity contribution in [3.63, 3.8) is 0 Å². The number of hydrogen-bond donors (Lipinski definition) is 0. The van der Waals surface area contributed by atoms with E-state index in [1.807, 2.05) is 29.3 Å². The maximum absolute atomic E-state index is 15.9. The van der Waals surface area contributed by atoms with E-state index < -0.39 is 47.4 Å². The van der Waals surface area contributed by atoms with Crippen molar-refractivity contribution in [1.82, 2.24) is 9.58 Å². The Morgan fingerprint density at radius 2 is 1.62 bits per heavy atom. The van der Waals surface area contributed by atoms with Crippen molar-refractivity contribution in [1.29, 1.82) is 0 Å². The fourth-order valence-corrected chi connectivity index (χ4v) is 7.12. The smallest absolute Gasteiger partial charge is 0.342 e. The lowest BCUT2D eigenvalue weighted by atomic mass is 9.91. The molecular formula is C35H23F2N3O7. The number of rotatable bonds is 3. The first-order valence-electron chi connectivity index (χ1n) is 15.0. The van der Waals surface area contributed by atoms with Gasteiger partial charge in [-0.1, -0.05) is 48.5 Å². The van der Waals surface area contributed by atoms with E-state index in [1.54, 1.807) is 35.2 Å². The van der Waals surface area contributed by atoms with E-state index in [0.717, 1.165) is 6.07 Å². The largest absolute Gasteiger partial charge is 0.464 e. The van der Waals surface area contributed by atoms with Crippen LogP contribution in [0.1, 0.15) is 49.9 Å². The Bertz CT molecular complexity index is 2210. The molecule has 5 aromatic rings. The summed E-state index contributed by atoms with van der Waals surface area (Å²) in [5.41, 5.74) is 2.11. The number of esters is 1. The quantitative estimate of drug-likeness (QED) is 0.251. The molecule has 3 aliphatic heterocycles. The highest BCUT2D eigenvalue weighted by molar-refractivity contribution is 5.97. The Labute approximate surface area is 264 Å². The van der Waals surface area contributed by atoms with Crippen LogP contribution in [0.15, 0.2) is 94.5 Å². The molecule has 2 aromatic heterocycles. The molecule has 0 N–H and O–H groups in total. The van der Waals surface area contributed by atoms with Crippen molar-refractivity contribution in [2.24, 2.45) is 0 Å². The number of nitrogens with zero attached hydrogens (tertiary/aromatic N) is 3. The molecule has 0 bridgehead atoms. The van der Waals surface area contributed by atoms with Crippen molar-refractivity contribution in [3.8, 4) is 28.2 Å². The molecule has 1 amide bonds. The molecule has 9 rings (SSSR count). The Kier molecular flexibility index (Phi) is 5.94. The fraction of sp³-hybridized carbons (Fsp3) is 0.171. The van der Waals surface area contributed by atoms with Crippen molar-refractivity contribution >= 4 is 11.9 Å². The molecule has 3 atom stereocenters. The van der Waals surface area contributed by atoms with Gasteiger partial charge in [0.1, 0.15) is 11.9 Å². The van der Waals surface area contributed by atoms with E-state index in [2.05, 4.69) is 0 Å². The van der Waals surface area contributed by atoms with E-state index in [4.69, 9.17) is 18.6 Å². The lowest BCUT2D eigenvalue weighted by Gasteiger charge is -2.51. The summed E-state index contributed by atoms with van der Waals surface area (Å²) in [4.78, 5) is 42.0. The summed E-state index contributed by atoms with van der Waals surface area (Å²) in [5, 5.41) is 1.82. The number of hydrogen-bond acceptors (Lipinski definition) is 8. The van der Waals surface area contributed by atoms with Crippen molar-refractivity contribution in [2.75, 3.05) is 24.8 Å². The number of furan rings is 1. The summed E-state index contributed by atoms with van der Waals surface area (Å²) in [6.07, 6.45) is 0.888. The third-order valence-corrected chi connectivity index (χ3v) is 9.15. The van der Waals surface area contributed by atoms with Crippen molar-refractivity contribution < 1.29 is 37.0 Å². The van der Waals surface area contributed by atoms with Crippen LogP contribution in [0.4, 0.5) is 8.78 Å². The van der Waals surface area contributed by atoms with Gasteiger partial charge < -0.3 is 23.5 Å². The Balaban J connectivity index is 1.30. The summed E-state index contributed by atoms with van der Waals surface area (Å²) in [6.45, 7) is 0.509. The average molecular weight is 636 g/mol. The zero-order valence-corrected chi connectivity index (χ0v) is 24.4. The molecule has 47 heavy (non-hydrogen) atoms. The van der Waals surface area contributed by atoms with Crippen molar-refractivity contribution in [2.45, 2.75) is 18.5 Å². The van der Waals surface area contributed by atoms with Gasteiger partial charge in [0.05, 0.1) is 31.1 Å². The van der Waals surface area contributed by atoms with Crippen LogP contribution in [0.25, 0.3) is 22.5 Å². The van der Waals surface area contributed by atoms with Crippen LogP contribution in [0.5, 0.6) is 5.75 Å². The molecule has 5 heterocycles. The van der Waals surface area contributed by atoms with E-state index in [0.29, 0.717) is 39.1 Å². The van der Waals surface area contributed by atoms with Crippen LogP contribution < -0.4 is 15.2 Å². The highest BCUT2D eigenvalue weighted by Crippen LogP contribution is 2.49. The number of fused-ring (bicyclic) bond motifs is 8. The Hall–Kier alpha value is -5.75. The minimum Gasteiger partial charge on any atom is -0.464 e. The molecule has 1 fully saturated rings. The number of ether oxygens (including phenoxy) is 3. The number of halogens is 2. The monoisotopic (exact) mass is 635 g/mol. The molecule has 3 unspecified atom stereocenters.